The monoisotopic (exact) mass is 602 g/mol. The number of hydrogen-bond donors (Lipinski definition) is 1. The largest absolute Gasteiger partial charge is 0.416 e. The Labute approximate surface area is 255 Å². The lowest BCUT2D eigenvalue weighted by Gasteiger charge is -2.62. The molecule has 7 rings (SSSR count). The summed E-state index contributed by atoms with van der Waals surface area (Å²) in [6, 6.07) is 11.7. The third kappa shape index (κ3) is 5.53. The fourth-order valence-electron chi connectivity index (χ4n) is 7.79. The molecular weight excluding hydrogens is 565 g/mol. The van der Waals surface area contributed by atoms with Gasteiger partial charge in [0.2, 0.25) is 0 Å². The van der Waals surface area contributed by atoms with Gasteiger partial charge in [-0.1, -0.05) is 32.9 Å². The first-order valence-corrected chi connectivity index (χ1v) is 15.2. The zero-order chi connectivity index (χ0) is 31.3. The maximum absolute atomic E-state index is 14.7. The smallest absolute Gasteiger partial charge is 0.357 e. The Balaban J connectivity index is 1.37. The molecule has 1 saturated heterocycles. The van der Waals surface area contributed by atoms with Gasteiger partial charge in [0.25, 0.3) is 5.91 Å². The number of fused-ring (bicyclic) bond motifs is 2. The second kappa shape index (κ2) is 11.2. The lowest BCUT2D eigenvalue weighted by Crippen LogP contribution is -2.57. The summed E-state index contributed by atoms with van der Waals surface area (Å²) in [5.41, 5.74) is 0.328. The molecule has 6 nitrogen and oxygen atoms in total. The third-order valence-electron chi connectivity index (χ3n) is 10.5. The van der Waals surface area contributed by atoms with E-state index < -0.39 is 23.1 Å². The highest BCUT2D eigenvalue weighted by atomic mass is 19.4. The Morgan fingerprint density at radius 1 is 0.955 bits per heavy atom. The summed E-state index contributed by atoms with van der Waals surface area (Å²) in [4.78, 5) is 38.1. The molecular formula is C35H37F3N4O2. The minimum Gasteiger partial charge on any atom is -0.357 e. The predicted octanol–water partition coefficient (Wildman–Crippen LogP) is 6.49. The van der Waals surface area contributed by atoms with E-state index in [9.17, 15) is 22.8 Å². The number of nitrogens with zero attached hydrogens (tertiary/aromatic N) is 3. The van der Waals surface area contributed by atoms with Gasteiger partial charge in [0.1, 0.15) is 11.4 Å². The molecule has 9 heteroatoms. The van der Waals surface area contributed by atoms with Crippen LogP contribution in [0, 0.1) is 29.1 Å². The predicted molar refractivity (Wildman–Crippen MR) is 160 cm³/mol. The van der Waals surface area contributed by atoms with Gasteiger partial charge in [0.15, 0.2) is 5.78 Å². The summed E-state index contributed by atoms with van der Waals surface area (Å²) in [6.45, 7) is 7.42. The fraction of sp³-hybridized carbons (Fsp3) is 0.429. The zero-order valence-electron chi connectivity index (χ0n) is 25.1. The molecule has 4 fully saturated rings. The van der Waals surface area contributed by atoms with Crippen LogP contribution in [0.2, 0.25) is 0 Å². The van der Waals surface area contributed by atoms with Gasteiger partial charge >= 0.3 is 6.18 Å². The zero-order valence-corrected chi connectivity index (χ0v) is 25.1. The Morgan fingerprint density at radius 2 is 1.52 bits per heavy atom. The van der Waals surface area contributed by atoms with Crippen LogP contribution in [0.4, 0.5) is 13.2 Å². The maximum atomic E-state index is 14.7. The van der Waals surface area contributed by atoms with Crippen LogP contribution in [0.1, 0.15) is 60.7 Å². The Bertz CT molecular complexity index is 1510. The van der Waals surface area contributed by atoms with Crippen LogP contribution in [-0.2, 0) is 23.8 Å². The van der Waals surface area contributed by atoms with Crippen molar-refractivity contribution >= 4 is 11.7 Å². The first-order chi connectivity index (χ1) is 20.9. The van der Waals surface area contributed by atoms with Crippen molar-refractivity contribution in [2.45, 2.75) is 58.2 Å². The highest BCUT2D eigenvalue weighted by molar-refractivity contribution is 6.06. The number of benzene rings is 1. The Kier molecular flexibility index (Phi) is 7.62. The van der Waals surface area contributed by atoms with Crippen molar-refractivity contribution in [2.75, 3.05) is 6.54 Å². The van der Waals surface area contributed by atoms with Crippen LogP contribution < -0.4 is 5.32 Å². The molecule has 4 aliphatic rings. The van der Waals surface area contributed by atoms with Crippen LogP contribution in [0.3, 0.4) is 0 Å². The van der Waals surface area contributed by atoms with Gasteiger partial charge < -0.3 is 5.32 Å². The molecule has 1 aliphatic heterocycles. The minimum absolute atomic E-state index is 0.120. The van der Waals surface area contributed by atoms with Crippen molar-refractivity contribution in [1.29, 1.82) is 0 Å². The molecule has 2 bridgehead atoms. The highest BCUT2D eigenvalue weighted by Gasteiger charge is 2.57. The van der Waals surface area contributed by atoms with Crippen molar-refractivity contribution in [3.63, 3.8) is 0 Å². The van der Waals surface area contributed by atoms with E-state index in [2.05, 4.69) is 36.1 Å². The molecule has 1 amide bonds. The van der Waals surface area contributed by atoms with Gasteiger partial charge in [0, 0.05) is 55.8 Å². The number of carbonyl (C=O) groups excluding carboxylic acids is 2. The summed E-state index contributed by atoms with van der Waals surface area (Å²) >= 11 is 0. The number of allylic oxidation sites excluding steroid dienone is 1. The molecule has 4 unspecified atom stereocenters. The van der Waals surface area contributed by atoms with E-state index >= 15 is 0 Å². The average molecular weight is 603 g/mol. The lowest BCUT2D eigenvalue weighted by molar-refractivity contribution is -0.142. The second-order valence-electron chi connectivity index (χ2n) is 13.4. The highest BCUT2D eigenvalue weighted by Crippen LogP contribution is 2.63. The van der Waals surface area contributed by atoms with Gasteiger partial charge in [-0.25, -0.2) is 0 Å². The van der Waals surface area contributed by atoms with Crippen molar-refractivity contribution in [2.24, 2.45) is 29.1 Å². The molecule has 0 spiro atoms. The van der Waals surface area contributed by atoms with Crippen LogP contribution in [0.5, 0.6) is 0 Å². The van der Waals surface area contributed by atoms with Gasteiger partial charge in [-0.3, -0.25) is 24.5 Å². The Morgan fingerprint density at radius 3 is 2.02 bits per heavy atom. The molecule has 1 N–H and O–H groups in total. The number of ketones is 1. The summed E-state index contributed by atoms with van der Waals surface area (Å²) in [6.07, 6.45) is 6.57. The number of halogens is 3. The lowest BCUT2D eigenvalue weighted by atomic mass is 9.43. The SMILES string of the molecule is CC1C(CN2C(=O)C(Cc3ccncc3)(Cc3ccncc3)N/C2=C\C(=O)c2ccc(C(F)(F)F)cc2)CC2CC1C2(C)C. The molecule has 3 aliphatic carbocycles. The van der Waals surface area contributed by atoms with Crippen molar-refractivity contribution in [3.8, 4) is 0 Å². The molecule has 44 heavy (non-hydrogen) atoms. The van der Waals surface area contributed by atoms with E-state index in [0.717, 1.165) is 29.7 Å². The molecule has 2 aromatic heterocycles. The molecule has 4 atom stereocenters. The van der Waals surface area contributed by atoms with E-state index in [-0.39, 0.29) is 22.8 Å². The summed E-state index contributed by atoms with van der Waals surface area (Å²) in [5.74, 6) is 1.64. The number of hydrogen-bond acceptors (Lipinski definition) is 5. The quantitative estimate of drug-likeness (QED) is 0.236. The number of amides is 1. The van der Waals surface area contributed by atoms with Crippen LogP contribution >= 0.6 is 0 Å². The topological polar surface area (TPSA) is 75.2 Å². The number of alkyl halides is 3. The van der Waals surface area contributed by atoms with E-state index in [4.69, 9.17) is 0 Å². The van der Waals surface area contributed by atoms with E-state index in [1.165, 1.54) is 24.6 Å². The first kappa shape index (κ1) is 30.0. The number of nitrogens with one attached hydrogen (secondary N) is 1. The normalized spacial score (nSPS) is 26.3. The standard InChI is InChI=1S/C35H37F3N4O2/c1-22-26(16-28-17-29(22)33(28,2)3)21-42-31(18-30(43)25-4-6-27(7-5-25)35(36,37)38)41-34(32(42)44,19-23-8-12-39-13-9-23)20-24-10-14-40-15-11-24/h4-15,18,22,26,28-29,41H,16-17,19-21H2,1-3H3/b31-18+. The van der Waals surface area contributed by atoms with Crippen molar-refractivity contribution in [1.82, 2.24) is 20.2 Å². The molecule has 3 aromatic rings. The molecule has 0 radical (unpaired) electrons. The number of carbonyl (C=O) groups is 2. The maximum Gasteiger partial charge on any atom is 0.416 e. The third-order valence-corrected chi connectivity index (χ3v) is 10.5. The number of aromatic nitrogens is 2. The first-order valence-electron chi connectivity index (χ1n) is 15.2. The summed E-state index contributed by atoms with van der Waals surface area (Å²) in [7, 11) is 0. The minimum atomic E-state index is -4.50. The molecule has 1 aromatic carbocycles. The van der Waals surface area contributed by atoms with E-state index in [1.54, 1.807) is 29.7 Å². The number of pyridine rings is 2. The fourth-order valence-corrected chi connectivity index (χ4v) is 7.79. The average Bonchev–Trinajstić information content (AvgIpc) is 3.23. The molecule has 3 saturated carbocycles. The van der Waals surface area contributed by atoms with Crippen molar-refractivity contribution < 1.29 is 22.8 Å². The van der Waals surface area contributed by atoms with Crippen LogP contribution in [-0.4, -0.2) is 38.6 Å². The van der Waals surface area contributed by atoms with Gasteiger partial charge in [-0.05, 0) is 89.5 Å². The van der Waals surface area contributed by atoms with Crippen molar-refractivity contribution in [3.05, 3.63) is 107 Å². The van der Waals surface area contributed by atoms with E-state index in [1.807, 2.05) is 24.3 Å². The van der Waals surface area contributed by atoms with Gasteiger partial charge in [-0.2, -0.15) is 13.2 Å². The van der Waals surface area contributed by atoms with E-state index in [0.29, 0.717) is 43.0 Å². The number of rotatable bonds is 8. The van der Waals surface area contributed by atoms with Gasteiger partial charge in [0.05, 0.1) is 5.56 Å². The van der Waals surface area contributed by atoms with Crippen LogP contribution in [0.25, 0.3) is 0 Å². The Hall–Kier alpha value is -4.01. The summed E-state index contributed by atoms with van der Waals surface area (Å²) < 4.78 is 39.5. The summed E-state index contributed by atoms with van der Waals surface area (Å²) in [5, 5.41) is 3.48. The molecule has 230 valence electrons. The van der Waals surface area contributed by atoms with Crippen LogP contribution in [0.15, 0.2) is 85.2 Å². The molecule has 3 heterocycles. The van der Waals surface area contributed by atoms with Gasteiger partial charge in [-0.15, -0.1) is 0 Å². The second-order valence-corrected chi connectivity index (χ2v) is 13.4.